The molecule has 9 heteroatoms. The van der Waals surface area contributed by atoms with Gasteiger partial charge in [-0.15, -0.1) is 0 Å². The van der Waals surface area contributed by atoms with Crippen molar-refractivity contribution in [1.29, 1.82) is 0 Å². The SMILES string of the molecule is Cc1cccc(Oc2cc(NC(=O)CCn3cc(Br)c(C)n3)cc([N+](=O)[O-])c2)c1. The van der Waals surface area contributed by atoms with Crippen LogP contribution in [0.2, 0.25) is 0 Å². The van der Waals surface area contributed by atoms with Gasteiger partial charge in [-0.25, -0.2) is 0 Å². The van der Waals surface area contributed by atoms with Crippen LogP contribution in [0.3, 0.4) is 0 Å². The molecule has 0 saturated heterocycles. The Morgan fingerprint density at radius 1 is 1.24 bits per heavy atom. The van der Waals surface area contributed by atoms with Crippen molar-refractivity contribution in [1.82, 2.24) is 9.78 Å². The fourth-order valence-electron chi connectivity index (χ4n) is 2.68. The molecule has 3 aromatic rings. The predicted molar refractivity (Wildman–Crippen MR) is 112 cm³/mol. The first kappa shape index (κ1) is 20.5. The van der Waals surface area contributed by atoms with E-state index in [1.54, 1.807) is 23.0 Å². The van der Waals surface area contributed by atoms with Crippen molar-refractivity contribution in [2.45, 2.75) is 26.8 Å². The van der Waals surface area contributed by atoms with Crippen LogP contribution in [-0.4, -0.2) is 20.6 Å². The Kier molecular flexibility index (Phi) is 6.28. The molecule has 0 fully saturated rings. The number of carbonyl (C=O) groups excluding carboxylic acids is 1. The van der Waals surface area contributed by atoms with E-state index in [1.165, 1.54) is 12.1 Å². The van der Waals surface area contributed by atoms with E-state index in [9.17, 15) is 14.9 Å². The molecule has 1 aromatic heterocycles. The highest BCUT2D eigenvalue weighted by atomic mass is 79.9. The van der Waals surface area contributed by atoms with E-state index in [4.69, 9.17) is 4.74 Å². The number of nitro benzene ring substituents is 1. The number of nitro groups is 1. The third kappa shape index (κ3) is 5.64. The van der Waals surface area contributed by atoms with Gasteiger partial charge in [-0.05, 0) is 47.5 Å². The number of benzene rings is 2. The van der Waals surface area contributed by atoms with E-state index < -0.39 is 4.92 Å². The molecule has 3 rings (SSSR count). The molecule has 0 bridgehead atoms. The average Bonchev–Trinajstić information content (AvgIpc) is 2.97. The largest absolute Gasteiger partial charge is 0.457 e. The first-order valence-corrected chi connectivity index (χ1v) is 9.63. The Morgan fingerprint density at radius 2 is 2.03 bits per heavy atom. The third-order valence-corrected chi connectivity index (χ3v) is 4.84. The van der Waals surface area contributed by atoms with Crippen molar-refractivity contribution in [3.05, 3.63) is 74.5 Å². The molecule has 0 unspecified atom stereocenters. The number of rotatable bonds is 7. The zero-order valence-electron chi connectivity index (χ0n) is 15.9. The lowest BCUT2D eigenvalue weighted by atomic mass is 10.2. The van der Waals surface area contributed by atoms with E-state index >= 15 is 0 Å². The standard InChI is InChI=1S/C20H19BrN4O4/c1-13-4-3-5-17(8-13)29-18-10-15(9-16(11-18)25(27)28)22-20(26)6-7-24-12-19(21)14(2)23-24/h3-5,8-12H,6-7H2,1-2H3,(H,22,26). The Labute approximate surface area is 175 Å². The van der Waals surface area contributed by atoms with Crippen molar-refractivity contribution in [2.24, 2.45) is 0 Å². The summed E-state index contributed by atoms with van der Waals surface area (Å²) in [6.45, 7) is 4.17. The summed E-state index contributed by atoms with van der Waals surface area (Å²) in [5, 5.41) is 18.2. The molecule has 150 valence electrons. The number of halogens is 1. The van der Waals surface area contributed by atoms with Crippen LogP contribution in [0.5, 0.6) is 11.5 Å². The summed E-state index contributed by atoms with van der Waals surface area (Å²) < 4.78 is 8.28. The molecule has 0 aliphatic carbocycles. The van der Waals surface area contributed by atoms with Crippen molar-refractivity contribution >= 4 is 33.2 Å². The van der Waals surface area contributed by atoms with Gasteiger partial charge in [0.25, 0.3) is 5.69 Å². The smallest absolute Gasteiger partial charge is 0.275 e. The number of aryl methyl sites for hydroxylation is 3. The number of hydrogen-bond donors (Lipinski definition) is 1. The topological polar surface area (TPSA) is 99.3 Å². The van der Waals surface area contributed by atoms with Gasteiger partial charge in [-0.1, -0.05) is 12.1 Å². The van der Waals surface area contributed by atoms with Crippen LogP contribution in [0.1, 0.15) is 17.7 Å². The van der Waals surface area contributed by atoms with Crippen LogP contribution in [0.4, 0.5) is 11.4 Å². The molecule has 1 heterocycles. The maximum Gasteiger partial charge on any atom is 0.275 e. The second-order valence-electron chi connectivity index (χ2n) is 6.51. The number of amides is 1. The van der Waals surface area contributed by atoms with E-state index in [-0.39, 0.29) is 23.8 Å². The quantitative estimate of drug-likeness (QED) is 0.396. The predicted octanol–water partition coefficient (Wildman–Crippen LogP) is 4.99. The van der Waals surface area contributed by atoms with Gasteiger partial charge in [0.1, 0.15) is 11.5 Å². The number of nitrogens with one attached hydrogen (secondary N) is 1. The van der Waals surface area contributed by atoms with Crippen LogP contribution in [0.15, 0.2) is 53.1 Å². The summed E-state index contributed by atoms with van der Waals surface area (Å²) in [5.74, 6) is 0.547. The number of aromatic nitrogens is 2. The Morgan fingerprint density at radius 3 is 2.69 bits per heavy atom. The average molecular weight is 459 g/mol. The number of carbonyl (C=O) groups is 1. The summed E-state index contributed by atoms with van der Waals surface area (Å²) in [7, 11) is 0. The Hall–Kier alpha value is -3.20. The van der Waals surface area contributed by atoms with E-state index in [0.29, 0.717) is 18.0 Å². The molecule has 0 spiro atoms. The summed E-state index contributed by atoms with van der Waals surface area (Å²) in [5.41, 5.74) is 1.96. The zero-order chi connectivity index (χ0) is 21.0. The molecule has 29 heavy (non-hydrogen) atoms. The van der Waals surface area contributed by atoms with Gasteiger partial charge in [-0.3, -0.25) is 19.6 Å². The van der Waals surface area contributed by atoms with E-state index in [1.807, 2.05) is 32.0 Å². The minimum Gasteiger partial charge on any atom is -0.457 e. The highest BCUT2D eigenvalue weighted by Gasteiger charge is 2.14. The summed E-state index contributed by atoms with van der Waals surface area (Å²) in [6.07, 6.45) is 1.97. The summed E-state index contributed by atoms with van der Waals surface area (Å²) in [4.78, 5) is 23.0. The number of non-ortho nitro benzene ring substituents is 1. The molecular weight excluding hydrogens is 440 g/mol. The molecule has 0 aliphatic heterocycles. The van der Waals surface area contributed by atoms with Gasteiger partial charge in [0, 0.05) is 31.3 Å². The van der Waals surface area contributed by atoms with Crippen LogP contribution in [0.25, 0.3) is 0 Å². The lowest BCUT2D eigenvalue weighted by Gasteiger charge is -2.10. The second-order valence-corrected chi connectivity index (χ2v) is 7.37. The second kappa shape index (κ2) is 8.87. The molecule has 8 nitrogen and oxygen atoms in total. The van der Waals surface area contributed by atoms with Gasteiger partial charge in [0.05, 0.1) is 26.8 Å². The van der Waals surface area contributed by atoms with Gasteiger partial charge in [0.2, 0.25) is 5.91 Å². The zero-order valence-corrected chi connectivity index (χ0v) is 17.5. The lowest BCUT2D eigenvalue weighted by molar-refractivity contribution is -0.384. The van der Waals surface area contributed by atoms with Gasteiger partial charge >= 0.3 is 0 Å². The molecule has 0 saturated carbocycles. The summed E-state index contributed by atoms with van der Waals surface area (Å²) in [6, 6.07) is 11.5. The van der Waals surface area contributed by atoms with Gasteiger partial charge in [-0.2, -0.15) is 5.10 Å². The molecule has 0 aliphatic rings. The molecule has 0 atom stereocenters. The van der Waals surface area contributed by atoms with Gasteiger partial charge in [0.15, 0.2) is 0 Å². The maximum absolute atomic E-state index is 12.3. The highest BCUT2D eigenvalue weighted by Crippen LogP contribution is 2.30. The minimum absolute atomic E-state index is 0.169. The monoisotopic (exact) mass is 458 g/mol. The van der Waals surface area contributed by atoms with Gasteiger partial charge < -0.3 is 10.1 Å². The molecule has 1 N–H and O–H groups in total. The molecule has 0 radical (unpaired) electrons. The van der Waals surface area contributed by atoms with Crippen molar-refractivity contribution < 1.29 is 14.5 Å². The maximum atomic E-state index is 12.3. The van der Waals surface area contributed by atoms with Crippen LogP contribution >= 0.6 is 15.9 Å². The number of anilines is 1. The number of nitrogens with zero attached hydrogens (tertiary/aromatic N) is 3. The first-order chi connectivity index (χ1) is 13.8. The fourth-order valence-corrected chi connectivity index (χ4v) is 3.00. The molecule has 2 aromatic carbocycles. The van der Waals surface area contributed by atoms with Crippen LogP contribution < -0.4 is 10.1 Å². The van der Waals surface area contributed by atoms with E-state index in [0.717, 1.165) is 15.7 Å². The molecule has 1 amide bonds. The van der Waals surface area contributed by atoms with E-state index in [2.05, 4.69) is 26.3 Å². The normalized spacial score (nSPS) is 10.6. The van der Waals surface area contributed by atoms with Crippen molar-refractivity contribution in [2.75, 3.05) is 5.32 Å². The number of ether oxygens (including phenoxy) is 1. The lowest BCUT2D eigenvalue weighted by Crippen LogP contribution is -2.15. The Balaban J connectivity index is 1.72. The Bertz CT molecular complexity index is 1040. The fraction of sp³-hybridized carbons (Fsp3) is 0.200. The minimum atomic E-state index is -0.525. The van der Waals surface area contributed by atoms with Crippen molar-refractivity contribution in [3.8, 4) is 11.5 Å². The third-order valence-electron chi connectivity index (χ3n) is 4.07. The van der Waals surface area contributed by atoms with Crippen LogP contribution in [-0.2, 0) is 11.3 Å². The molecular formula is C20H19BrN4O4. The first-order valence-electron chi connectivity index (χ1n) is 8.83. The van der Waals surface area contributed by atoms with Crippen LogP contribution in [0, 0.1) is 24.0 Å². The van der Waals surface area contributed by atoms with Crippen molar-refractivity contribution in [3.63, 3.8) is 0 Å². The number of hydrogen-bond acceptors (Lipinski definition) is 5. The highest BCUT2D eigenvalue weighted by molar-refractivity contribution is 9.10. The summed E-state index contributed by atoms with van der Waals surface area (Å²) >= 11 is 3.38.